The minimum absolute atomic E-state index is 0.00559. The molecule has 1 aliphatic rings. The number of carbonyl (C=O) groups is 1. The second-order valence-electron chi connectivity index (χ2n) is 4.57. The molecule has 0 saturated heterocycles. The molecule has 6 nitrogen and oxygen atoms in total. The third-order valence-corrected chi connectivity index (χ3v) is 3.00. The number of carbonyl (C=O) groups excluding carboxylic acids is 1. The number of hydrogen-bond acceptors (Lipinski definition) is 4. The van der Waals surface area contributed by atoms with Crippen molar-refractivity contribution in [1.29, 1.82) is 0 Å². The third kappa shape index (κ3) is 2.38. The van der Waals surface area contributed by atoms with E-state index in [0.717, 1.165) is 12.8 Å². The molecule has 6 heteroatoms. The number of nitrogens with zero attached hydrogens (tertiary/aromatic N) is 3. The molecule has 0 bridgehead atoms. The summed E-state index contributed by atoms with van der Waals surface area (Å²) in [6.07, 6.45) is 5.01. The number of aromatic nitrogens is 3. The smallest absolute Gasteiger partial charge is 0.242 e. The van der Waals surface area contributed by atoms with Gasteiger partial charge in [-0.25, -0.2) is 4.68 Å². The molecule has 1 fully saturated rings. The van der Waals surface area contributed by atoms with Crippen molar-refractivity contribution in [2.75, 3.05) is 0 Å². The standard InChI is InChI=1S/C10H17N5O/c1-10(3-2-4-10)12-9(16)7-15-6-8(5-11)13-14-15/h6H,2-5,7,11H2,1H3,(H,12,16). The largest absolute Gasteiger partial charge is 0.349 e. The Morgan fingerprint density at radius 2 is 2.44 bits per heavy atom. The maximum absolute atomic E-state index is 11.7. The first kappa shape index (κ1) is 11.1. The number of amides is 1. The van der Waals surface area contributed by atoms with Gasteiger partial charge in [-0.3, -0.25) is 4.79 Å². The van der Waals surface area contributed by atoms with Crippen LogP contribution in [0.2, 0.25) is 0 Å². The highest BCUT2D eigenvalue weighted by Crippen LogP contribution is 2.30. The normalized spacial score (nSPS) is 17.9. The van der Waals surface area contributed by atoms with Gasteiger partial charge in [-0.1, -0.05) is 5.21 Å². The van der Waals surface area contributed by atoms with E-state index in [2.05, 4.69) is 22.6 Å². The Bertz CT molecular complexity index is 382. The monoisotopic (exact) mass is 223 g/mol. The molecule has 0 aliphatic heterocycles. The van der Waals surface area contributed by atoms with Gasteiger partial charge >= 0.3 is 0 Å². The van der Waals surface area contributed by atoms with Crippen molar-refractivity contribution in [1.82, 2.24) is 20.3 Å². The van der Waals surface area contributed by atoms with E-state index in [-0.39, 0.29) is 18.0 Å². The molecule has 1 aromatic rings. The van der Waals surface area contributed by atoms with Crippen molar-refractivity contribution in [2.45, 2.75) is 44.8 Å². The fraction of sp³-hybridized carbons (Fsp3) is 0.700. The zero-order valence-corrected chi connectivity index (χ0v) is 9.44. The first-order valence-corrected chi connectivity index (χ1v) is 5.51. The summed E-state index contributed by atoms with van der Waals surface area (Å²) in [5.41, 5.74) is 6.10. The topological polar surface area (TPSA) is 85.8 Å². The van der Waals surface area contributed by atoms with Crippen LogP contribution in [0.5, 0.6) is 0 Å². The molecule has 3 N–H and O–H groups in total. The van der Waals surface area contributed by atoms with Crippen LogP contribution < -0.4 is 11.1 Å². The molecular formula is C10H17N5O. The highest BCUT2D eigenvalue weighted by Gasteiger charge is 2.32. The second-order valence-corrected chi connectivity index (χ2v) is 4.57. The number of hydrogen-bond donors (Lipinski definition) is 2. The lowest BCUT2D eigenvalue weighted by molar-refractivity contribution is -0.124. The highest BCUT2D eigenvalue weighted by molar-refractivity contribution is 5.76. The summed E-state index contributed by atoms with van der Waals surface area (Å²) in [6, 6.07) is 0. The Morgan fingerprint density at radius 3 is 2.94 bits per heavy atom. The Labute approximate surface area is 94.2 Å². The summed E-state index contributed by atoms with van der Waals surface area (Å²) in [4.78, 5) is 11.7. The van der Waals surface area contributed by atoms with Crippen LogP contribution in [0.3, 0.4) is 0 Å². The van der Waals surface area contributed by atoms with Crippen LogP contribution in [0, 0.1) is 0 Å². The molecule has 1 aromatic heterocycles. The molecule has 1 saturated carbocycles. The van der Waals surface area contributed by atoms with E-state index in [1.54, 1.807) is 6.20 Å². The Balaban J connectivity index is 1.87. The fourth-order valence-corrected chi connectivity index (χ4v) is 1.86. The molecular weight excluding hydrogens is 206 g/mol. The van der Waals surface area contributed by atoms with E-state index in [1.165, 1.54) is 11.1 Å². The molecule has 1 aliphatic carbocycles. The SMILES string of the molecule is CC1(NC(=O)Cn2cc(CN)nn2)CCC1. The van der Waals surface area contributed by atoms with Crippen LogP contribution in [0.15, 0.2) is 6.20 Å². The molecule has 0 radical (unpaired) electrons. The van der Waals surface area contributed by atoms with Gasteiger partial charge < -0.3 is 11.1 Å². The summed E-state index contributed by atoms with van der Waals surface area (Å²) < 4.78 is 1.51. The van der Waals surface area contributed by atoms with E-state index in [4.69, 9.17) is 5.73 Å². The van der Waals surface area contributed by atoms with Gasteiger partial charge in [-0.05, 0) is 26.2 Å². The molecule has 0 atom stereocenters. The van der Waals surface area contributed by atoms with E-state index >= 15 is 0 Å². The van der Waals surface area contributed by atoms with Crippen LogP contribution in [0.25, 0.3) is 0 Å². The van der Waals surface area contributed by atoms with Crippen molar-refractivity contribution in [3.63, 3.8) is 0 Å². The maximum atomic E-state index is 11.7. The first-order chi connectivity index (χ1) is 7.61. The predicted octanol–water partition coefficient (Wildman–Crippen LogP) is -0.204. The van der Waals surface area contributed by atoms with Gasteiger partial charge in [0.15, 0.2) is 0 Å². The van der Waals surface area contributed by atoms with Crippen LogP contribution in [-0.4, -0.2) is 26.4 Å². The van der Waals surface area contributed by atoms with Gasteiger partial charge in [0.05, 0.1) is 11.9 Å². The van der Waals surface area contributed by atoms with Crippen molar-refractivity contribution < 1.29 is 4.79 Å². The maximum Gasteiger partial charge on any atom is 0.242 e. The number of rotatable bonds is 4. The van der Waals surface area contributed by atoms with E-state index < -0.39 is 0 Å². The van der Waals surface area contributed by atoms with Gasteiger partial charge in [0.1, 0.15) is 6.54 Å². The summed E-state index contributed by atoms with van der Waals surface area (Å²) in [5, 5.41) is 10.7. The van der Waals surface area contributed by atoms with Crippen molar-refractivity contribution in [3.8, 4) is 0 Å². The molecule has 0 unspecified atom stereocenters. The minimum Gasteiger partial charge on any atom is -0.349 e. The Morgan fingerprint density at radius 1 is 1.69 bits per heavy atom. The van der Waals surface area contributed by atoms with Gasteiger partial charge in [0.2, 0.25) is 5.91 Å². The Kier molecular flexibility index (Phi) is 2.91. The summed E-state index contributed by atoms with van der Waals surface area (Å²) in [6.45, 7) is 2.63. The summed E-state index contributed by atoms with van der Waals surface area (Å²) >= 11 is 0. The quantitative estimate of drug-likeness (QED) is 0.740. The lowest BCUT2D eigenvalue weighted by Crippen LogP contribution is -2.51. The van der Waals surface area contributed by atoms with Gasteiger partial charge in [0.25, 0.3) is 0 Å². The predicted molar refractivity (Wildman–Crippen MR) is 58.3 cm³/mol. The Hall–Kier alpha value is -1.43. The van der Waals surface area contributed by atoms with Crippen LogP contribution >= 0.6 is 0 Å². The highest BCUT2D eigenvalue weighted by atomic mass is 16.2. The molecule has 88 valence electrons. The minimum atomic E-state index is -0.0179. The molecule has 0 spiro atoms. The van der Waals surface area contributed by atoms with Crippen LogP contribution in [0.4, 0.5) is 0 Å². The summed E-state index contributed by atoms with van der Waals surface area (Å²) in [5.74, 6) is -0.0179. The summed E-state index contributed by atoms with van der Waals surface area (Å²) in [7, 11) is 0. The molecule has 16 heavy (non-hydrogen) atoms. The molecule has 2 rings (SSSR count). The van der Waals surface area contributed by atoms with E-state index in [1.807, 2.05) is 0 Å². The number of nitrogens with one attached hydrogen (secondary N) is 1. The van der Waals surface area contributed by atoms with Gasteiger partial charge in [-0.2, -0.15) is 0 Å². The first-order valence-electron chi connectivity index (χ1n) is 5.51. The average Bonchev–Trinajstić information content (AvgIpc) is 2.63. The lowest BCUT2D eigenvalue weighted by atomic mass is 9.78. The van der Waals surface area contributed by atoms with Gasteiger partial charge in [-0.15, -0.1) is 5.10 Å². The second kappa shape index (κ2) is 4.21. The van der Waals surface area contributed by atoms with Crippen LogP contribution in [0.1, 0.15) is 31.9 Å². The number of nitrogens with two attached hydrogens (primary N) is 1. The van der Waals surface area contributed by atoms with Crippen LogP contribution in [-0.2, 0) is 17.9 Å². The van der Waals surface area contributed by atoms with E-state index in [0.29, 0.717) is 12.2 Å². The fourth-order valence-electron chi connectivity index (χ4n) is 1.86. The third-order valence-electron chi connectivity index (χ3n) is 3.00. The van der Waals surface area contributed by atoms with E-state index in [9.17, 15) is 4.79 Å². The zero-order valence-electron chi connectivity index (χ0n) is 9.44. The van der Waals surface area contributed by atoms with Crippen molar-refractivity contribution in [2.24, 2.45) is 5.73 Å². The van der Waals surface area contributed by atoms with Crippen molar-refractivity contribution in [3.05, 3.63) is 11.9 Å². The molecule has 1 heterocycles. The average molecular weight is 223 g/mol. The molecule has 0 aromatic carbocycles. The zero-order chi connectivity index (χ0) is 11.6. The molecule has 1 amide bonds. The van der Waals surface area contributed by atoms with Crippen molar-refractivity contribution >= 4 is 5.91 Å². The van der Waals surface area contributed by atoms with Gasteiger partial charge in [0, 0.05) is 12.1 Å². The lowest BCUT2D eigenvalue weighted by Gasteiger charge is -2.39.